The van der Waals surface area contributed by atoms with Gasteiger partial charge in [-0.1, -0.05) is 18.2 Å². The molecule has 34 heavy (non-hydrogen) atoms. The molecule has 0 saturated carbocycles. The van der Waals surface area contributed by atoms with E-state index in [-0.39, 0.29) is 0 Å². The standard InChI is InChI=1S/C16H9F14NO3/c1-34-8-5-3-2-4-7(8)6-31(9(32)11(17,18)13(21,22)15(25,26)27)10(33)12(19,20)14(23,24)16(28,29)30/h2-5H,6H2,1H3. The average molecular weight is 529 g/mol. The molecule has 0 aliphatic heterocycles. The molecule has 0 spiro atoms. The highest BCUT2D eigenvalue weighted by Gasteiger charge is 2.80. The minimum Gasteiger partial charge on any atom is -0.496 e. The lowest BCUT2D eigenvalue weighted by Gasteiger charge is -2.34. The average Bonchev–Trinajstić information content (AvgIpc) is 2.69. The lowest BCUT2D eigenvalue weighted by molar-refractivity contribution is -0.350. The Morgan fingerprint density at radius 2 is 1.06 bits per heavy atom. The number of para-hydroxylation sites is 1. The van der Waals surface area contributed by atoms with Crippen molar-refractivity contribution in [1.82, 2.24) is 4.90 Å². The lowest BCUT2D eigenvalue weighted by Crippen LogP contribution is -2.65. The Morgan fingerprint density at radius 3 is 1.38 bits per heavy atom. The third-order valence-electron chi connectivity index (χ3n) is 4.05. The Morgan fingerprint density at radius 1 is 0.706 bits per heavy atom. The van der Waals surface area contributed by atoms with Crippen molar-refractivity contribution in [3.63, 3.8) is 0 Å². The molecule has 0 heterocycles. The summed E-state index contributed by atoms with van der Waals surface area (Å²) in [5.74, 6) is -37.8. The number of nitrogens with zero attached hydrogens (tertiary/aromatic N) is 1. The zero-order valence-corrected chi connectivity index (χ0v) is 16.0. The molecule has 0 N–H and O–H groups in total. The van der Waals surface area contributed by atoms with Crippen LogP contribution in [0.25, 0.3) is 0 Å². The van der Waals surface area contributed by atoms with Crippen molar-refractivity contribution in [3.8, 4) is 5.75 Å². The molecule has 2 amide bonds. The quantitative estimate of drug-likeness (QED) is 0.456. The van der Waals surface area contributed by atoms with Crippen molar-refractivity contribution in [1.29, 1.82) is 0 Å². The monoisotopic (exact) mass is 529 g/mol. The second-order valence-electron chi connectivity index (χ2n) is 6.30. The second kappa shape index (κ2) is 8.75. The van der Waals surface area contributed by atoms with Gasteiger partial charge < -0.3 is 4.74 Å². The summed E-state index contributed by atoms with van der Waals surface area (Å²) in [7, 11) is 0.783. The Labute approximate surface area is 179 Å². The SMILES string of the molecule is COc1ccccc1CN(C(=O)C(F)(F)C(F)(F)C(F)(F)F)C(=O)C(F)(F)C(F)(F)C(F)(F)F. The summed E-state index contributed by atoms with van der Waals surface area (Å²) in [5, 5.41) is 0. The van der Waals surface area contributed by atoms with E-state index >= 15 is 0 Å². The molecule has 0 aromatic heterocycles. The predicted molar refractivity (Wildman–Crippen MR) is 80.4 cm³/mol. The zero-order valence-electron chi connectivity index (χ0n) is 16.0. The maximum atomic E-state index is 13.8. The molecule has 1 aromatic rings. The number of halogens is 14. The van der Waals surface area contributed by atoms with E-state index in [1.807, 2.05) is 0 Å². The van der Waals surface area contributed by atoms with E-state index in [0.29, 0.717) is 6.07 Å². The molecule has 1 aromatic carbocycles. The van der Waals surface area contributed by atoms with Crippen molar-refractivity contribution >= 4 is 11.8 Å². The number of rotatable bonds is 7. The van der Waals surface area contributed by atoms with Crippen molar-refractivity contribution in [3.05, 3.63) is 29.8 Å². The number of ether oxygens (including phenoxy) is 1. The van der Waals surface area contributed by atoms with Gasteiger partial charge in [0.25, 0.3) is 0 Å². The first-order valence-electron chi connectivity index (χ1n) is 8.11. The van der Waals surface area contributed by atoms with Crippen LogP contribution in [0.4, 0.5) is 61.5 Å². The van der Waals surface area contributed by atoms with Gasteiger partial charge in [-0.05, 0) is 6.07 Å². The van der Waals surface area contributed by atoms with E-state index < -0.39 is 70.6 Å². The van der Waals surface area contributed by atoms with E-state index in [2.05, 4.69) is 4.74 Å². The van der Waals surface area contributed by atoms with Crippen molar-refractivity contribution in [2.24, 2.45) is 0 Å². The fourth-order valence-corrected chi connectivity index (χ4v) is 2.20. The van der Waals surface area contributed by atoms with E-state index in [1.54, 1.807) is 0 Å². The molecule has 0 aliphatic rings. The number of hydrogen-bond acceptors (Lipinski definition) is 3. The van der Waals surface area contributed by atoms with E-state index in [9.17, 15) is 71.1 Å². The summed E-state index contributed by atoms with van der Waals surface area (Å²) in [5.41, 5.74) is -0.899. The lowest BCUT2D eigenvalue weighted by atomic mass is 10.1. The predicted octanol–water partition coefficient (Wildman–Crippen LogP) is 5.22. The molecule has 18 heteroatoms. The van der Waals surface area contributed by atoms with Gasteiger partial charge in [0.15, 0.2) is 0 Å². The van der Waals surface area contributed by atoms with Gasteiger partial charge in [0.1, 0.15) is 5.75 Å². The third kappa shape index (κ3) is 4.70. The largest absolute Gasteiger partial charge is 0.496 e. The molecule has 0 bridgehead atoms. The van der Waals surface area contributed by atoms with Gasteiger partial charge in [-0.3, -0.25) is 14.5 Å². The van der Waals surface area contributed by atoms with Gasteiger partial charge >= 0.3 is 47.9 Å². The normalized spacial score (nSPS) is 14.1. The van der Waals surface area contributed by atoms with Gasteiger partial charge in [0.2, 0.25) is 0 Å². The molecular formula is C16H9F14NO3. The number of amides is 2. The minimum atomic E-state index is -7.36. The van der Waals surface area contributed by atoms with Crippen LogP contribution < -0.4 is 4.74 Å². The first kappa shape index (κ1) is 29.2. The van der Waals surface area contributed by atoms with Crippen LogP contribution in [0.15, 0.2) is 24.3 Å². The Kier molecular flexibility index (Phi) is 7.52. The minimum absolute atomic E-state index is 0.618. The smallest absolute Gasteiger partial charge is 0.460 e. The molecule has 1 rings (SSSR count). The Bertz CT molecular complexity index is 872. The highest BCUT2D eigenvalue weighted by atomic mass is 19.4. The first-order chi connectivity index (χ1) is 15.0. The number of carbonyl (C=O) groups is 2. The fourth-order valence-electron chi connectivity index (χ4n) is 2.20. The van der Waals surface area contributed by atoms with Gasteiger partial charge in [0.05, 0.1) is 13.7 Å². The molecule has 194 valence electrons. The summed E-state index contributed by atoms with van der Waals surface area (Å²) in [6.45, 7) is -2.19. The molecular weight excluding hydrogens is 520 g/mol. The van der Waals surface area contributed by atoms with Gasteiger partial charge in [-0.25, -0.2) is 0 Å². The van der Waals surface area contributed by atoms with Gasteiger partial charge in [-0.15, -0.1) is 0 Å². The van der Waals surface area contributed by atoms with Crippen LogP contribution >= 0.6 is 0 Å². The van der Waals surface area contributed by atoms with Crippen LogP contribution in [0.2, 0.25) is 0 Å². The van der Waals surface area contributed by atoms with Crippen LogP contribution in [0, 0.1) is 0 Å². The van der Waals surface area contributed by atoms with Crippen molar-refractivity contribution in [2.75, 3.05) is 7.11 Å². The number of benzene rings is 1. The summed E-state index contributed by atoms with van der Waals surface area (Å²) in [4.78, 5) is 21.6. The van der Waals surface area contributed by atoms with Crippen LogP contribution in [-0.2, 0) is 16.1 Å². The second-order valence-corrected chi connectivity index (χ2v) is 6.30. The van der Waals surface area contributed by atoms with Crippen molar-refractivity contribution in [2.45, 2.75) is 42.6 Å². The van der Waals surface area contributed by atoms with E-state index in [0.717, 1.165) is 25.3 Å². The Balaban J connectivity index is 3.75. The zero-order chi connectivity index (χ0) is 27.1. The maximum absolute atomic E-state index is 13.8. The summed E-state index contributed by atoms with van der Waals surface area (Å²) < 4.78 is 187. The van der Waals surface area contributed by atoms with Gasteiger partial charge in [0, 0.05) is 5.56 Å². The van der Waals surface area contributed by atoms with E-state index in [4.69, 9.17) is 0 Å². The first-order valence-corrected chi connectivity index (χ1v) is 8.11. The number of carbonyl (C=O) groups excluding carboxylic acids is 2. The summed E-state index contributed by atoms with van der Waals surface area (Å²) in [6.07, 6.45) is -14.5. The molecule has 0 fully saturated rings. The van der Waals surface area contributed by atoms with Gasteiger partial charge in [-0.2, -0.15) is 61.5 Å². The van der Waals surface area contributed by atoms with E-state index in [1.165, 1.54) is 0 Å². The molecule has 0 radical (unpaired) electrons. The third-order valence-corrected chi connectivity index (χ3v) is 4.05. The van der Waals surface area contributed by atoms with Crippen LogP contribution in [0.1, 0.15) is 5.56 Å². The summed E-state index contributed by atoms with van der Waals surface area (Å²) in [6, 6.07) is 3.41. The number of methoxy groups -OCH3 is 1. The summed E-state index contributed by atoms with van der Waals surface area (Å²) >= 11 is 0. The number of hydrogen-bond donors (Lipinski definition) is 0. The van der Waals surface area contributed by atoms with Crippen LogP contribution in [0.3, 0.4) is 0 Å². The van der Waals surface area contributed by atoms with Crippen LogP contribution in [0.5, 0.6) is 5.75 Å². The van der Waals surface area contributed by atoms with Crippen LogP contribution in [-0.4, -0.2) is 59.9 Å². The number of imide groups is 1. The molecule has 4 nitrogen and oxygen atoms in total. The molecule has 0 saturated heterocycles. The molecule has 0 atom stereocenters. The van der Waals surface area contributed by atoms with Crippen molar-refractivity contribution < 1.29 is 75.8 Å². The molecule has 0 aliphatic carbocycles. The molecule has 0 unspecified atom stereocenters. The highest BCUT2D eigenvalue weighted by molar-refractivity contribution is 6.02. The number of alkyl halides is 14. The Hall–Kier alpha value is -2.82. The fraction of sp³-hybridized carbons (Fsp3) is 0.500. The highest BCUT2D eigenvalue weighted by Crippen LogP contribution is 2.50. The topological polar surface area (TPSA) is 46.6 Å². The maximum Gasteiger partial charge on any atom is 0.460 e.